The monoisotopic (exact) mass is 474 g/mol. The van der Waals surface area contributed by atoms with Crippen molar-refractivity contribution in [1.29, 1.82) is 0 Å². The van der Waals surface area contributed by atoms with Crippen LogP contribution < -0.4 is 59.1 Å². The zero-order valence-corrected chi connectivity index (χ0v) is 20.7. The first-order valence-corrected chi connectivity index (χ1v) is 9.13. The predicted octanol–water partition coefficient (Wildman–Crippen LogP) is -0.933. The summed E-state index contributed by atoms with van der Waals surface area (Å²) in [6.45, 7) is 0. The average Bonchev–Trinajstić information content (AvgIpc) is 2.45. The van der Waals surface area contributed by atoms with E-state index in [-0.39, 0.29) is 66.4 Å². The van der Waals surface area contributed by atoms with Crippen molar-refractivity contribution in [2.24, 2.45) is 0 Å². The normalized spacial score (nSPS) is 12.8. The van der Waals surface area contributed by atoms with Crippen LogP contribution in [0, 0.1) is 5.82 Å². The fourth-order valence-electron chi connectivity index (χ4n) is 1.94. The number of thiol groups is 1. The Bertz CT molecular complexity index is 785. The third-order valence-corrected chi connectivity index (χ3v) is 5.41. The molecule has 3 nitrogen and oxygen atoms in total. The van der Waals surface area contributed by atoms with Gasteiger partial charge < -0.3 is 12.6 Å². The van der Waals surface area contributed by atoms with Crippen LogP contribution in [-0.2, 0) is 10.2 Å². The number of benzene rings is 2. The van der Waals surface area contributed by atoms with E-state index in [1.54, 1.807) is 0 Å². The molecular weight excluding hydrogens is 462 g/mol. The van der Waals surface area contributed by atoms with Crippen LogP contribution in [0.5, 0.6) is 0 Å². The van der Waals surface area contributed by atoms with E-state index in [2.05, 4.69) is 28.6 Å². The molecule has 0 fully saturated rings. The van der Waals surface area contributed by atoms with Crippen LogP contribution in [0.2, 0.25) is 0 Å². The van der Waals surface area contributed by atoms with Gasteiger partial charge in [0.15, 0.2) is 0 Å². The Morgan fingerprint density at radius 2 is 1.56 bits per heavy atom. The largest absolute Gasteiger partial charge is 1.00 e. The molecular formula is C14H13BrF3Na2O3PS. The standard InChI is InChI=1S/C14H11BrF3O3PS.2Na.2H/c15-12-7-9(13(23)8-1-4-10(16)5-2-8)3-6-11(12)14(17,18)22(19,20)21;;;;/h1-7,13,23H,(H2,19,20,21);;;;/q;2*+1;2*-1. The van der Waals surface area contributed by atoms with Crippen molar-refractivity contribution < 1.29 is 89.5 Å². The zero-order chi connectivity index (χ0) is 17.4. The summed E-state index contributed by atoms with van der Waals surface area (Å²) in [4.78, 5) is 17.6. The molecule has 1 atom stereocenters. The number of alkyl halides is 2. The minimum Gasteiger partial charge on any atom is -1.00 e. The Morgan fingerprint density at radius 1 is 1.08 bits per heavy atom. The van der Waals surface area contributed by atoms with Crippen LogP contribution in [0.25, 0.3) is 0 Å². The molecule has 2 aromatic carbocycles. The average molecular weight is 475 g/mol. The van der Waals surface area contributed by atoms with E-state index < -0.39 is 29.9 Å². The van der Waals surface area contributed by atoms with Gasteiger partial charge in [-0.2, -0.15) is 21.4 Å². The summed E-state index contributed by atoms with van der Waals surface area (Å²) >= 11 is 7.28. The molecule has 0 spiro atoms. The molecule has 0 aromatic heterocycles. The maximum absolute atomic E-state index is 13.8. The molecule has 2 aromatic rings. The van der Waals surface area contributed by atoms with E-state index in [0.717, 1.165) is 6.07 Å². The molecule has 2 rings (SSSR count). The molecule has 128 valence electrons. The Hall–Kier alpha value is 1.21. The van der Waals surface area contributed by atoms with Crippen molar-refractivity contribution in [2.45, 2.75) is 10.9 Å². The SMILES string of the molecule is O=P(O)(O)C(F)(F)c1ccc(C(S)c2ccc(F)cc2)cc1Br.[H-].[H-].[Na+].[Na+]. The molecule has 0 aliphatic heterocycles. The summed E-state index contributed by atoms with van der Waals surface area (Å²) in [5.41, 5.74) is -3.95. The van der Waals surface area contributed by atoms with Crippen LogP contribution in [0.3, 0.4) is 0 Å². The molecule has 0 amide bonds. The summed E-state index contributed by atoms with van der Waals surface area (Å²) in [7, 11) is -5.64. The van der Waals surface area contributed by atoms with Crippen molar-refractivity contribution in [1.82, 2.24) is 0 Å². The molecule has 0 saturated heterocycles. The van der Waals surface area contributed by atoms with Crippen LogP contribution in [0.1, 0.15) is 24.8 Å². The van der Waals surface area contributed by atoms with Crippen molar-refractivity contribution in [2.75, 3.05) is 0 Å². The van der Waals surface area contributed by atoms with E-state index in [0.29, 0.717) is 11.1 Å². The van der Waals surface area contributed by atoms with Crippen molar-refractivity contribution >= 4 is 36.2 Å². The van der Waals surface area contributed by atoms with Gasteiger partial charge in [-0.3, -0.25) is 4.57 Å². The molecule has 0 aliphatic rings. The van der Waals surface area contributed by atoms with Crippen LogP contribution in [-0.4, -0.2) is 9.79 Å². The predicted molar refractivity (Wildman–Crippen MR) is 89.5 cm³/mol. The molecule has 11 heteroatoms. The van der Waals surface area contributed by atoms with Gasteiger partial charge in [0, 0.05) is 10.0 Å². The fraction of sp³-hybridized carbons (Fsp3) is 0.143. The first-order chi connectivity index (χ1) is 10.5. The Balaban J connectivity index is -0.00000144. The smallest absolute Gasteiger partial charge is 1.00 e. The van der Waals surface area contributed by atoms with E-state index >= 15 is 0 Å². The molecule has 0 radical (unpaired) electrons. The molecule has 0 bridgehead atoms. The second-order valence-electron chi connectivity index (χ2n) is 4.78. The van der Waals surface area contributed by atoms with E-state index in [4.69, 9.17) is 9.79 Å². The summed E-state index contributed by atoms with van der Waals surface area (Å²) in [6, 6.07) is 9.07. The van der Waals surface area contributed by atoms with Crippen LogP contribution >= 0.6 is 36.2 Å². The number of hydrogen-bond donors (Lipinski definition) is 3. The second kappa shape index (κ2) is 10.1. The molecule has 25 heavy (non-hydrogen) atoms. The first-order valence-electron chi connectivity index (χ1n) is 6.21. The van der Waals surface area contributed by atoms with Crippen molar-refractivity contribution in [3.8, 4) is 0 Å². The topological polar surface area (TPSA) is 57.5 Å². The van der Waals surface area contributed by atoms with Gasteiger partial charge >= 0.3 is 72.4 Å². The third kappa shape index (κ3) is 6.09. The second-order valence-corrected chi connectivity index (χ2v) is 7.80. The van der Waals surface area contributed by atoms with Crippen LogP contribution in [0.15, 0.2) is 46.9 Å². The van der Waals surface area contributed by atoms with Gasteiger partial charge in [0.05, 0.1) is 5.25 Å². The Labute approximate surface area is 204 Å². The van der Waals surface area contributed by atoms with E-state index in [1.165, 1.54) is 36.4 Å². The minimum absolute atomic E-state index is 0. The quantitative estimate of drug-likeness (QED) is 0.305. The molecule has 0 aliphatic carbocycles. The number of hydrogen-bond acceptors (Lipinski definition) is 2. The van der Waals surface area contributed by atoms with Gasteiger partial charge in [-0.05, 0) is 29.3 Å². The summed E-state index contributed by atoms with van der Waals surface area (Å²) in [5, 5.41) is -0.510. The van der Waals surface area contributed by atoms with Crippen LogP contribution in [0.4, 0.5) is 13.2 Å². The van der Waals surface area contributed by atoms with Gasteiger partial charge in [-0.1, -0.05) is 40.2 Å². The molecule has 1 unspecified atom stereocenters. The minimum atomic E-state index is -5.64. The fourth-order valence-corrected chi connectivity index (χ4v) is 3.58. The van der Waals surface area contributed by atoms with Gasteiger partial charge in [0.1, 0.15) is 5.82 Å². The first kappa shape index (κ1) is 26.2. The molecule has 2 N–H and O–H groups in total. The van der Waals surface area contributed by atoms with Gasteiger partial charge in [0.25, 0.3) is 0 Å². The van der Waals surface area contributed by atoms with Crippen molar-refractivity contribution in [3.63, 3.8) is 0 Å². The number of halogens is 4. The summed E-state index contributed by atoms with van der Waals surface area (Å²) in [6.07, 6.45) is 0. The number of rotatable bonds is 4. The third-order valence-electron chi connectivity index (χ3n) is 3.18. The summed E-state index contributed by atoms with van der Waals surface area (Å²) < 4.78 is 51.3. The van der Waals surface area contributed by atoms with Gasteiger partial charge in [0.2, 0.25) is 0 Å². The molecule has 0 heterocycles. The Morgan fingerprint density at radius 3 is 2.00 bits per heavy atom. The van der Waals surface area contributed by atoms with Gasteiger partial charge in [-0.25, -0.2) is 4.39 Å². The molecule has 0 saturated carbocycles. The van der Waals surface area contributed by atoms with Crippen molar-refractivity contribution in [3.05, 3.63) is 69.4 Å². The maximum Gasteiger partial charge on any atom is 1.00 e. The summed E-state index contributed by atoms with van der Waals surface area (Å²) in [5.74, 6) is -0.410. The van der Waals surface area contributed by atoms with E-state index in [9.17, 15) is 17.7 Å². The van der Waals surface area contributed by atoms with Gasteiger partial charge in [-0.15, -0.1) is 0 Å². The Kier molecular flexibility index (Phi) is 10.6. The van der Waals surface area contributed by atoms with E-state index in [1.807, 2.05) is 0 Å². The maximum atomic E-state index is 13.8. The zero-order valence-electron chi connectivity index (χ0n) is 15.3.